The summed E-state index contributed by atoms with van der Waals surface area (Å²) >= 11 is 0. The maximum Gasteiger partial charge on any atom is 0.312 e. The van der Waals surface area contributed by atoms with Crippen molar-refractivity contribution in [2.24, 2.45) is 5.92 Å². The molecule has 0 spiro atoms. The molecule has 162 valence electrons. The average molecular weight is 423 g/mol. The zero-order chi connectivity index (χ0) is 22.5. The van der Waals surface area contributed by atoms with Crippen LogP contribution in [-0.2, 0) is 19.1 Å². The summed E-state index contributed by atoms with van der Waals surface area (Å²) in [5, 5.41) is 0. The minimum absolute atomic E-state index is 0.0191. The predicted octanol–water partition coefficient (Wildman–Crippen LogP) is 2.05. The molecule has 0 radical (unpaired) electrons. The van der Waals surface area contributed by atoms with Crippen LogP contribution in [0.2, 0.25) is 0 Å². The summed E-state index contributed by atoms with van der Waals surface area (Å²) in [6.45, 7) is 5.49. The second-order valence-corrected chi connectivity index (χ2v) is 7.51. The molecule has 1 aliphatic rings. The van der Waals surface area contributed by atoms with Crippen LogP contribution in [0.25, 0.3) is 0 Å². The highest BCUT2D eigenvalue weighted by atomic mass is 16.5. The lowest BCUT2D eigenvalue weighted by molar-refractivity contribution is -0.158. The Balaban J connectivity index is 1.53. The minimum Gasteiger partial charge on any atom is -0.452 e. The van der Waals surface area contributed by atoms with Crippen molar-refractivity contribution in [2.75, 3.05) is 11.4 Å². The molecular formula is C23H25N3O5. The molecule has 0 aliphatic carbocycles. The fourth-order valence-corrected chi connectivity index (χ4v) is 3.33. The van der Waals surface area contributed by atoms with Gasteiger partial charge in [0.25, 0.3) is 11.8 Å². The number of hydrazine groups is 1. The van der Waals surface area contributed by atoms with Gasteiger partial charge in [-0.3, -0.25) is 30.0 Å². The third-order valence-electron chi connectivity index (χ3n) is 5.32. The quantitative estimate of drug-likeness (QED) is 0.566. The third-order valence-corrected chi connectivity index (χ3v) is 5.32. The summed E-state index contributed by atoms with van der Waals surface area (Å²) < 4.78 is 5.24. The lowest BCUT2D eigenvalue weighted by atomic mass is 10.1. The summed E-state index contributed by atoms with van der Waals surface area (Å²) in [7, 11) is 0. The maximum atomic E-state index is 12.5. The summed E-state index contributed by atoms with van der Waals surface area (Å²) in [5.74, 6) is -2.62. The van der Waals surface area contributed by atoms with Crippen LogP contribution in [-0.4, -0.2) is 36.3 Å². The van der Waals surface area contributed by atoms with Crippen molar-refractivity contribution in [3.63, 3.8) is 0 Å². The second-order valence-electron chi connectivity index (χ2n) is 7.51. The zero-order valence-electron chi connectivity index (χ0n) is 17.7. The number of anilines is 1. The minimum atomic E-state index is -1.13. The topological polar surface area (TPSA) is 105 Å². The van der Waals surface area contributed by atoms with E-state index in [1.807, 2.05) is 32.0 Å². The molecule has 1 fully saturated rings. The van der Waals surface area contributed by atoms with Crippen molar-refractivity contribution in [3.05, 3.63) is 65.2 Å². The van der Waals surface area contributed by atoms with Gasteiger partial charge < -0.3 is 9.64 Å². The smallest absolute Gasteiger partial charge is 0.312 e. The van der Waals surface area contributed by atoms with Gasteiger partial charge in [0, 0.05) is 24.2 Å². The molecule has 31 heavy (non-hydrogen) atoms. The Labute approximate surface area is 180 Å². The number of hydrogen-bond donors (Lipinski definition) is 2. The van der Waals surface area contributed by atoms with Crippen molar-refractivity contribution in [1.29, 1.82) is 0 Å². The fourth-order valence-electron chi connectivity index (χ4n) is 3.33. The van der Waals surface area contributed by atoms with Crippen molar-refractivity contribution in [2.45, 2.75) is 33.3 Å². The number of carbonyl (C=O) groups is 4. The molecule has 0 unspecified atom stereocenters. The molecular weight excluding hydrogens is 398 g/mol. The summed E-state index contributed by atoms with van der Waals surface area (Å²) in [4.78, 5) is 50.8. The molecule has 0 aromatic heterocycles. The summed E-state index contributed by atoms with van der Waals surface area (Å²) in [6.07, 6.45) is -1.11. The van der Waals surface area contributed by atoms with Gasteiger partial charge in [-0.2, -0.15) is 0 Å². The Morgan fingerprint density at radius 1 is 1.03 bits per heavy atom. The van der Waals surface area contributed by atoms with Crippen LogP contribution in [0.1, 0.15) is 34.8 Å². The van der Waals surface area contributed by atoms with Gasteiger partial charge in [-0.15, -0.1) is 0 Å². The molecule has 3 amide bonds. The summed E-state index contributed by atoms with van der Waals surface area (Å²) in [6, 6.07) is 14.0. The van der Waals surface area contributed by atoms with Gasteiger partial charge in [-0.1, -0.05) is 30.3 Å². The molecule has 3 rings (SSSR count). The second kappa shape index (κ2) is 9.42. The number of rotatable bonds is 5. The van der Waals surface area contributed by atoms with Crippen LogP contribution >= 0.6 is 0 Å². The van der Waals surface area contributed by atoms with Crippen LogP contribution in [0.4, 0.5) is 5.69 Å². The van der Waals surface area contributed by atoms with Crippen molar-refractivity contribution in [1.82, 2.24) is 10.9 Å². The van der Waals surface area contributed by atoms with Gasteiger partial charge >= 0.3 is 5.97 Å². The standard InChI is InChI=1S/C23H25N3O5/c1-14-8-7-11-19(15(14)2)26-13-18(12-20(26)27)23(30)31-16(3)21(28)24-25-22(29)17-9-5-4-6-10-17/h4-11,16,18H,12-13H2,1-3H3,(H,24,28)(H,25,29)/t16-,18+/m0/s1. The average Bonchev–Trinajstić information content (AvgIpc) is 3.15. The fraction of sp³-hybridized carbons (Fsp3) is 0.304. The third kappa shape index (κ3) is 5.09. The Morgan fingerprint density at radius 3 is 2.45 bits per heavy atom. The molecule has 2 aromatic rings. The van der Waals surface area contributed by atoms with Crippen LogP contribution in [0.5, 0.6) is 0 Å². The number of carbonyl (C=O) groups excluding carboxylic acids is 4. The Kier molecular flexibility index (Phi) is 6.69. The molecule has 8 nitrogen and oxygen atoms in total. The first-order chi connectivity index (χ1) is 14.8. The first-order valence-corrected chi connectivity index (χ1v) is 10.00. The number of hydrogen-bond acceptors (Lipinski definition) is 5. The Morgan fingerprint density at radius 2 is 1.74 bits per heavy atom. The molecule has 0 saturated carbocycles. The molecule has 1 heterocycles. The highest BCUT2D eigenvalue weighted by Crippen LogP contribution is 2.30. The van der Waals surface area contributed by atoms with E-state index in [0.29, 0.717) is 5.56 Å². The highest BCUT2D eigenvalue weighted by Gasteiger charge is 2.37. The monoisotopic (exact) mass is 423 g/mol. The number of nitrogens with zero attached hydrogens (tertiary/aromatic N) is 1. The number of aryl methyl sites for hydroxylation is 1. The van der Waals surface area contributed by atoms with Gasteiger partial charge in [-0.05, 0) is 50.1 Å². The lowest BCUT2D eigenvalue weighted by Gasteiger charge is -2.20. The van der Waals surface area contributed by atoms with E-state index < -0.39 is 29.8 Å². The van der Waals surface area contributed by atoms with E-state index in [4.69, 9.17) is 4.74 Å². The number of amides is 3. The lowest BCUT2D eigenvalue weighted by Crippen LogP contribution is -2.47. The Hall–Kier alpha value is -3.68. The van der Waals surface area contributed by atoms with E-state index in [2.05, 4.69) is 10.9 Å². The van der Waals surface area contributed by atoms with E-state index >= 15 is 0 Å². The van der Waals surface area contributed by atoms with E-state index in [1.54, 1.807) is 35.2 Å². The molecule has 2 N–H and O–H groups in total. The van der Waals surface area contributed by atoms with Gasteiger partial charge in [0.2, 0.25) is 5.91 Å². The zero-order valence-corrected chi connectivity index (χ0v) is 17.7. The van der Waals surface area contributed by atoms with Crippen molar-refractivity contribution in [3.8, 4) is 0 Å². The largest absolute Gasteiger partial charge is 0.452 e. The van der Waals surface area contributed by atoms with Gasteiger partial charge in [-0.25, -0.2) is 0 Å². The first-order valence-electron chi connectivity index (χ1n) is 10.00. The van der Waals surface area contributed by atoms with Crippen LogP contribution in [0, 0.1) is 19.8 Å². The number of ether oxygens (including phenoxy) is 1. The normalized spacial score (nSPS) is 16.5. The van der Waals surface area contributed by atoms with E-state index in [0.717, 1.165) is 16.8 Å². The molecule has 0 bridgehead atoms. The predicted molar refractivity (Wildman–Crippen MR) is 114 cm³/mol. The summed E-state index contributed by atoms with van der Waals surface area (Å²) in [5.41, 5.74) is 7.70. The van der Waals surface area contributed by atoms with E-state index in [-0.39, 0.29) is 18.9 Å². The van der Waals surface area contributed by atoms with E-state index in [9.17, 15) is 19.2 Å². The first kappa shape index (κ1) is 22.0. The van der Waals surface area contributed by atoms with Gasteiger partial charge in [0.15, 0.2) is 6.10 Å². The number of esters is 1. The van der Waals surface area contributed by atoms with E-state index in [1.165, 1.54) is 6.92 Å². The molecule has 1 aliphatic heterocycles. The Bertz CT molecular complexity index is 1010. The maximum absolute atomic E-state index is 12.5. The van der Waals surface area contributed by atoms with Crippen LogP contribution in [0.3, 0.4) is 0 Å². The van der Waals surface area contributed by atoms with Crippen LogP contribution in [0.15, 0.2) is 48.5 Å². The van der Waals surface area contributed by atoms with Gasteiger partial charge in [0.1, 0.15) is 0 Å². The molecule has 2 aromatic carbocycles. The molecule has 2 atom stereocenters. The number of nitrogens with one attached hydrogen (secondary N) is 2. The van der Waals surface area contributed by atoms with Crippen molar-refractivity contribution < 1.29 is 23.9 Å². The SMILES string of the molecule is Cc1cccc(N2C[C@H](C(=O)O[C@@H](C)C(=O)NNC(=O)c3ccccc3)CC2=O)c1C. The molecule has 8 heteroatoms. The van der Waals surface area contributed by atoms with Crippen molar-refractivity contribution >= 4 is 29.4 Å². The highest BCUT2D eigenvalue weighted by molar-refractivity contribution is 6.00. The number of benzene rings is 2. The van der Waals surface area contributed by atoms with Gasteiger partial charge in [0.05, 0.1) is 5.92 Å². The van der Waals surface area contributed by atoms with Crippen LogP contribution < -0.4 is 15.8 Å². The molecule has 1 saturated heterocycles.